The van der Waals surface area contributed by atoms with Gasteiger partial charge in [0.2, 0.25) is 10.0 Å². The van der Waals surface area contributed by atoms with Crippen LogP contribution in [0.15, 0.2) is 24.3 Å². The highest BCUT2D eigenvalue weighted by atomic mass is 79.9. The van der Waals surface area contributed by atoms with Gasteiger partial charge in [0.1, 0.15) is 10.4 Å². The molecular formula is C12H16BrNO3S. The quantitative estimate of drug-likeness (QED) is 0.795. The highest BCUT2D eigenvalue weighted by Crippen LogP contribution is 2.35. The van der Waals surface area contributed by atoms with E-state index in [2.05, 4.69) is 15.9 Å². The minimum Gasteiger partial charge on any atom is -0.497 e. The number of hydrogen-bond acceptors (Lipinski definition) is 3. The Morgan fingerprint density at radius 2 is 2.06 bits per heavy atom. The fraction of sp³-hybridized carbons (Fsp3) is 0.500. The predicted molar refractivity (Wildman–Crippen MR) is 74.4 cm³/mol. The van der Waals surface area contributed by atoms with Crippen LogP contribution in [0.5, 0.6) is 5.75 Å². The van der Waals surface area contributed by atoms with Gasteiger partial charge in [0.25, 0.3) is 0 Å². The highest BCUT2D eigenvalue weighted by molar-refractivity contribution is 9.10. The molecule has 1 fully saturated rings. The molecule has 0 aromatic heterocycles. The summed E-state index contributed by atoms with van der Waals surface area (Å²) in [6, 6.07) is 7.56. The van der Waals surface area contributed by atoms with E-state index in [9.17, 15) is 8.42 Å². The van der Waals surface area contributed by atoms with Gasteiger partial charge in [-0.3, -0.25) is 0 Å². The fourth-order valence-electron chi connectivity index (χ4n) is 2.29. The molecule has 0 N–H and O–H groups in total. The second-order valence-corrected chi connectivity index (χ2v) is 7.49. The summed E-state index contributed by atoms with van der Waals surface area (Å²) in [4.78, 5) is 0. The van der Waals surface area contributed by atoms with E-state index >= 15 is 0 Å². The zero-order chi connectivity index (χ0) is 13.2. The normalized spacial score (nSPS) is 21.1. The number of ether oxygens (including phenoxy) is 1. The number of halogens is 1. The molecule has 0 bridgehead atoms. The number of nitrogens with zero attached hydrogens (tertiary/aromatic N) is 1. The van der Waals surface area contributed by atoms with Crippen LogP contribution in [0.1, 0.15) is 24.4 Å². The van der Waals surface area contributed by atoms with Gasteiger partial charge in [-0.15, -0.1) is 0 Å². The maximum absolute atomic E-state index is 12.0. The van der Waals surface area contributed by atoms with E-state index < -0.39 is 10.0 Å². The van der Waals surface area contributed by atoms with Gasteiger partial charge in [0.15, 0.2) is 0 Å². The number of sulfonamides is 1. The molecule has 1 saturated heterocycles. The number of rotatable bonds is 4. The van der Waals surface area contributed by atoms with Gasteiger partial charge in [-0.2, -0.15) is 4.31 Å². The predicted octanol–water partition coefficient (Wildman–Crippen LogP) is 2.51. The largest absolute Gasteiger partial charge is 0.497 e. The first-order chi connectivity index (χ1) is 8.58. The van der Waals surface area contributed by atoms with Crippen molar-refractivity contribution < 1.29 is 13.2 Å². The number of alkyl halides is 1. The van der Waals surface area contributed by atoms with E-state index in [1.807, 2.05) is 24.3 Å². The molecule has 0 radical (unpaired) electrons. The third-order valence-corrected chi connectivity index (χ3v) is 6.36. The Morgan fingerprint density at radius 1 is 1.39 bits per heavy atom. The monoisotopic (exact) mass is 333 g/mol. The van der Waals surface area contributed by atoms with Crippen LogP contribution in [0, 0.1) is 0 Å². The van der Waals surface area contributed by atoms with Crippen LogP contribution in [0.2, 0.25) is 0 Å². The first-order valence-corrected chi connectivity index (χ1v) is 8.51. The lowest BCUT2D eigenvalue weighted by atomic mass is 10.1. The minimum atomic E-state index is -3.19. The van der Waals surface area contributed by atoms with Crippen molar-refractivity contribution in [2.45, 2.75) is 18.9 Å². The van der Waals surface area contributed by atoms with E-state index in [-0.39, 0.29) is 10.7 Å². The van der Waals surface area contributed by atoms with Crippen molar-refractivity contribution in [1.29, 1.82) is 0 Å². The molecule has 1 aliphatic heterocycles. The Labute approximate surface area is 116 Å². The van der Waals surface area contributed by atoms with Crippen LogP contribution >= 0.6 is 15.9 Å². The summed E-state index contributed by atoms with van der Waals surface area (Å²) in [6.07, 6.45) is 1.78. The van der Waals surface area contributed by atoms with Crippen LogP contribution in [-0.4, -0.2) is 31.0 Å². The first-order valence-electron chi connectivity index (χ1n) is 5.78. The maximum Gasteiger partial charge on any atom is 0.224 e. The van der Waals surface area contributed by atoms with E-state index in [0.29, 0.717) is 6.54 Å². The molecular weight excluding hydrogens is 318 g/mol. The van der Waals surface area contributed by atoms with E-state index in [0.717, 1.165) is 24.2 Å². The van der Waals surface area contributed by atoms with Crippen molar-refractivity contribution in [1.82, 2.24) is 4.31 Å². The SMILES string of the molecule is COc1ccc(C2CCCN2S(=O)(=O)CBr)cc1. The molecule has 0 spiro atoms. The summed E-state index contributed by atoms with van der Waals surface area (Å²) >= 11 is 3.05. The molecule has 1 unspecified atom stereocenters. The number of benzene rings is 1. The molecule has 0 amide bonds. The Morgan fingerprint density at radius 3 is 2.61 bits per heavy atom. The summed E-state index contributed by atoms with van der Waals surface area (Å²) < 4.78 is 30.6. The highest BCUT2D eigenvalue weighted by Gasteiger charge is 2.34. The molecule has 1 aromatic rings. The minimum absolute atomic E-state index is 0.0212. The molecule has 4 nitrogen and oxygen atoms in total. The zero-order valence-corrected chi connectivity index (χ0v) is 12.6. The van der Waals surface area contributed by atoms with Gasteiger partial charge in [-0.1, -0.05) is 28.1 Å². The average Bonchev–Trinajstić information content (AvgIpc) is 2.89. The van der Waals surface area contributed by atoms with Gasteiger partial charge < -0.3 is 4.74 Å². The lowest BCUT2D eigenvalue weighted by molar-refractivity contribution is 0.397. The standard InChI is InChI=1S/C12H16BrNO3S/c1-17-11-6-4-10(5-7-11)12-3-2-8-14(12)18(15,16)9-13/h4-7,12H,2-3,8-9H2,1H3. The lowest BCUT2D eigenvalue weighted by Gasteiger charge is -2.23. The Balaban J connectivity index is 2.26. The Hall–Kier alpha value is -0.590. The summed E-state index contributed by atoms with van der Waals surface area (Å²) in [7, 11) is -1.57. The molecule has 1 atom stereocenters. The molecule has 0 saturated carbocycles. The van der Waals surface area contributed by atoms with Gasteiger partial charge in [-0.25, -0.2) is 8.42 Å². The van der Waals surface area contributed by atoms with Crippen molar-refractivity contribution in [3.8, 4) is 5.75 Å². The van der Waals surface area contributed by atoms with Crippen LogP contribution in [0.3, 0.4) is 0 Å². The smallest absolute Gasteiger partial charge is 0.224 e. The number of methoxy groups -OCH3 is 1. The zero-order valence-electron chi connectivity index (χ0n) is 10.2. The van der Waals surface area contributed by atoms with Gasteiger partial charge in [0.05, 0.1) is 7.11 Å². The molecule has 2 rings (SSSR count). The van der Waals surface area contributed by atoms with Crippen LogP contribution in [0.25, 0.3) is 0 Å². The second-order valence-electron chi connectivity index (χ2n) is 4.26. The first kappa shape index (κ1) is 13.8. The molecule has 100 valence electrons. The molecule has 18 heavy (non-hydrogen) atoms. The lowest BCUT2D eigenvalue weighted by Crippen LogP contribution is -2.31. The maximum atomic E-state index is 12.0. The van der Waals surface area contributed by atoms with Crippen LogP contribution < -0.4 is 4.74 Å². The summed E-state index contributed by atoms with van der Waals surface area (Å²) in [5.74, 6) is 0.784. The summed E-state index contributed by atoms with van der Waals surface area (Å²) in [6.45, 7) is 0.602. The Bertz CT molecular complexity index is 501. The fourth-order valence-corrected chi connectivity index (χ4v) is 4.23. The number of hydrogen-bond donors (Lipinski definition) is 0. The van der Waals surface area contributed by atoms with Gasteiger partial charge in [-0.05, 0) is 30.5 Å². The van der Waals surface area contributed by atoms with Crippen molar-refractivity contribution in [3.05, 3.63) is 29.8 Å². The average molecular weight is 334 g/mol. The van der Waals surface area contributed by atoms with Crippen LogP contribution in [0.4, 0.5) is 0 Å². The van der Waals surface area contributed by atoms with E-state index in [1.165, 1.54) is 0 Å². The van der Waals surface area contributed by atoms with Crippen molar-refractivity contribution in [3.63, 3.8) is 0 Å². The van der Waals surface area contributed by atoms with Gasteiger partial charge in [0, 0.05) is 12.6 Å². The molecule has 1 aromatic carbocycles. The molecule has 0 aliphatic carbocycles. The topological polar surface area (TPSA) is 46.6 Å². The van der Waals surface area contributed by atoms with Crippen molar-refractivity contribution >= 4 is 26.0 Å². The van der Waals surface area contributed by atoms with E-state index in [1.54, 1.807) is 11.4 Å². The third-order valence-electron chi connectivity index (χ3n) is 3.20. The molecule has 1 heterocycles. The van der Waals surface area contributed by atoms with Crippen molar-refractivity contribution in [2.75, 3.05) is 18.3 Å². The van der Waals surface area contributed by atoms with Gasteiger partial charge >= 0.3 is 0 Å². The third kappa shape index (κ3) is 2.70. The molecule has 6 heteroatoms. The van der Waals surface area contributed by atoms with Crippen molar-refractivity contribution in [2.24, 2.45) is 0 Å². The molecule has 1 aliphatic rings. The summed E-state index contributed by atoms with van der Waals surface area (Å²) in [5, 5.41) is 0. The Kier molecular flexibility index (Phi) is 4.29. The summed E-state index contributed by atoms with van der Waals surface area (Å²) in [5.41, 5.74) is 1.03. The van der Waals surface area contributed by atoms with E-state index in [4.69, 9.17) is 4.74 Å². The van der Waals surface area contributed by atoms with Crippen LogP contribution in [-0.2, 0) is 10.0 Å². The second kappa shape index (κ2) is 5.59.